The summed E-state index contributed by atoms with van der Waals surface area (Å²) in [6.45, 7) is 2.35. The molecule has 0 spiro atoms. The van der Waals surface area contributed by atoms with Gasteiger partial charge < -0.3 is 0 Å². The lowest BCUT2D eigenvalue weighted by atomic mass is 9.84. The van der Waals surface area contributed by atoms with Crippen LogP contribution < -0.4 is 0 Å². The monoisotopic (exact) mass is 222 g/mol. The second-order valence-corrected chi connectivity index (χ2v) is 5.05. The second kappa shape index (κ2) is 4.37. The highest BCUT2D eigenvalue weighted by molar-refractivity contribution is 5.86. The standard InChI is InChI=1S/C17H18/c1-13-6-2-5-9-17(13)16-11-10-14-7-3-4-8-15(14)12-16/h3-4,7-13H,2,5-6H2,1H3. The number of rotatable bonds is 1. The molecule has 0 saturated carbocycles. The summed E-state index contributed by atoms with van der Waals surface area (Å²) in [5, 5.41) is 2.68. The average Bonchev–Trinajstić information content (AvgIpc) is 2.39. The van der Waals surface area contributed by atoms with Crippen molar-refractivity contribution in [3.63, 3.8) is 0 Å². The number of fused-ring (bicyclic) bond motifs is 1. The van der Waals surface area contributed by atoms with Crippen molar-refractivity contribution < 1.29 is 0 Å². The summed E-state index contributed by atoms with van der Waals surface area (Å²) in [7, 11) is 0. The Bertz CT molecular complexity index is 563. The van der Waals surface area contributed by atoms with Gasteiger partial charge in [0.15, 0.2) is 0 Å². The molecule has 0 N–H and O–H groups in total. The van der Waals surface area contributed by atoms with Crippen LogP contribution >= 0.6 is 0 Å². The van der Waals surface area contributed by atoms with E-state index in [1.54, 1.807) is 5.57 Å². The first-order chi connectivity index (χ1) is 8.34. The Morgan fingerprint density at radius 1 is 1.00 bits per heavy atom. The SMILES string of the molecule is CC1CCCC=C1c1ccc2ccccc2c1. The van der Waals surface area contributed by atoms with Gasteiger partial charge in [-0.1, -0.05) is 49.4 Å². The lowest BCUT2D eigenvalue weighted by Gasteiger charge is -2.21. The van der Waals surface area contributed by atoms with E-state index in [1.807, 2.05) is 0 Å². The van der Waals surface area contributed by atoms with Gasteiger partial charge >= 0.3 is 0 Å². The summed E-state index contributed by atoms with van der Waals surface area (Å²) in [6, 6.07) is 15.5. The first kappa shape index (κ1) is 10.6. The summed E-state index contributed by atoms with van der Waals surface area (Å²) >= 11 is 0. The van der Waals surface area contributed by atoms with E-state index in [4.69, 9.17) is 0 Å². The third-order valence-corrected chi connectivity index (χ3v) is 3.82. The molecule has 0 nitrogen and oxygen atoms in total. The normalized spacial score (nSPS) is 20.3. The summed E-state index contributed by atoms with van der Waals surface area (Å²) in [4.78, 5) is 0. The van der Waals surface area contributed by atoms with Gasteiger partial charge in [0.1, 0.15) is 0 Å². The Balaban J connectivity index is 2.08. The number of allylic oxidation sites excluding steroid dienone is 2. The summed E-state index contributed by atoms with van der Waals surface area (Å²) in [6.07, 6.45) is 6.35. The Morgan fingerprint density at radius 3 is 2.65 bits per heavy atom. The third-order valence-electron chi connectivity index (χ3n) is 3.82. The fraction of sp³-hybridized carbons (Fsp3) is 0.294. The van der Waals surface area contributed by atoms with E-state index < -0.39 is 0 Å². The van der Waals surface area contributed by atoms with Crippen molar-refractivity contribution >= 4 is 16.3 Å². The Hall–Kier alpha value is -1.56. The van der Waals surface area contributed by atoms with Crippen LogP contribution in [0.1, 0.15) is 31.7 Å². The molecule has 1 aliphatic carbocycles. The average molecular weight is 222 g/mol. The van der Waals surface area contributed by atoms with E-state index in [0.717, 1.165) is 0 Å². The van der Waals surface area contributed by atoms with Crippen LogP contribution in [0, 0.1) is 5.92 Å². The lowest BCUT2D eigenvalue weighted by Crippen LogP contribution is -2.03. The molecule has 1 atom stereocenters. The fourth-order valence-corrected chi connectivity index (χ4v) is 2.81. The number of benzene rings is 2. The molecule has 2 aromatic rings. The Morgan fingerprint density at radius 2 is 1.82 bits per heavy atom. The quantitative estimate of drug-likeness (QED) is 0.634. The summed E-state index contributed by atoms with van der Waals surface area (Å²) in [5.41, 5.74) is 2.96. The maximum atomic E-state index is 2.43. The molecular weight excluding hydrogens is 204 g/mol. The van der Waals surface area contributed by atoms with Gasteiger partial charge in [0.2, 0.25) is 0 Å². The van der Waals surface area contributed by atoms with E-state index >= 15 is 0 Å². The van der Waals surface area contributed by atoms with E-state index in [-0.39, 0.29) is 0 Å². The molecule has 1 unspecified atom stereocenters. The molecule has 86 valence electrons. The second-order valence-electron chi connectivity index (χ2n) is 5.05. The van der Waals surface area contributed by atoms with Crippen LogP contribution in [-0.2, 0) is 0 Å². The minimum Gasteiger partial charge on any atom is -0.0804 e. The van der Waals surface area contributed by atoms with Gasteiger partial charge in [0.25, 0.3) is 0 Å². The van der Waals surface area contributed by atoms with E-state index in [2.05, 4.69) is 55.5 Å². The maximum absolute atomic E-state index is 2.43. The Kier molecular flexibility index (Phi) is 2.72. The predicted molar refractivity (Wildman–Crippen MR) is 74.9 cm³/mol. The minimum absolute atomic E-state index is 0.713. The molecule has 1 aliphatic rings. The molecule has 0 radical (unpaired) electrons. The van der Waals surface area contributed by atoms with Crippen molar-refractivity contribution in [1.82, 2.24) is 0 Å². The van der Waals surface area contributed by atoms with Crippen molar-refractivity contribution in [2.75, 3.05) is 0 Å². The van der Waals surface area contributed by atoms with Crippen LogP contribution in [0.15, 0.2) is 48.5 Å². The van der Waals surface area contributed by atoms with Crippen LogP contribution in [0.2, 0.25) is 0 Å². The highest BCUT2D eigenvalue weighted by Crippen LogP contribution is 2.33. The van der Waals surface area contributed by atoms with Gasteiger partial charge in [-0.25, -0.2) is 0 Å². The first-order valence-electron chi connectivity index (χ1n) is 6.54. The van der Waals surface area contributed by atoms with Crippen molar-refractivity contribution in [2.45, 2.75) is 26.2 Å². The van der Waals surface area contributed by atoms with Crippen LogP contribution in [0.5, 0.6) is 0 Å². The zero-order valence-electron chi connectivity index (χ0n) is 10.3. The topological polar surface area (TPSA) is 0 Å². The van der Waals surface area contributed by atoms with Crippen molar-refractivity contribution in [3.8, 4) is 0 Å². The predicted octanol–water partition coefficient (Wildman–Crippen LogP) is 5.04. The van der Waals surface area contributed by atoms with Crippen molar-refractivity contribution in [2.24, 2.45) is 5.92 Å². The molecule has 0 saturated heterocycles. The van der Waals surface area contributed by atoms with Crippen LogP contribution in [0.3, 0.4) is 0 Å². The van der Waals surface area contributed by atoms with E-state index in [0.29, 0.717) is 5.92 Å². The lowest BCUT2D eigenvalue weighted by molar-refractivity contribution is 0.601. The van der Waals surface area contributed by atoms with Gasteiger partial charge in [0.05, 0.1) is 0 Å². The van der Waals surface area contributed by atoms with Gasteiger partial charge in [-0.3, -0.25) is 0 Å². The van der Waals surface area contributed by atoms with Crippen molar-refractivity contribution in [1.29, 1.82) is 0 Å². The van der Waals surface area contributed by atoms with Gasteiger partial charge in [-0.2, -0.15) is 0 Å². The highest BCUT2D eigenvalue weighted by Gasteiger charge is 2.14. The molecule has 17 heavy (non-hydrogen) atoms. The molecule has 0 aromatic heterocycles. The first-order valence-corrected chi connectivity index (χ1v) is 6.54. The van der Waals surface area contributed by atoms with Gasteiger partial charge in [-0.15, -0.1) is 0 Å². The minimum atomic E-state index is 0.713. The molecule has 2 aromatic carbocycles. The fourth-order valence-electron chi connectivity index (χ4n) is 2.81. The van der Waals surface area contributed by atoms with Crippen molar-refractivity contribution in [3.05, 3.63) is 54.1 Å². The molecule has 0 heterocycles. The molecular formula is C17H18. The van der Waals surface area contributed by atoms with Crippen LogP contribution in [-0.4, -0.2) is 0 Å². The smallest absolute Gasteiger partial charge is 0.0178 e. The Labute approximate surface area is 103 Å². The zero-order chi connectivity index (χ0) is 11.7. The van der Waals surface area contributed by atoms with E-state index in [9.17, 15) is 0 Å². The zero-order valence-corrected chi connectivity index (χ0v) is 10.3. The van der Waals surface area contributed by atoms with Crippen LogP contribution in [0.4, 0.5) is 0 Å². The largest absolute Gasteiger partial charge is 0.0804 e. The van der Waals surface area contributed by atoms with Crippen LogP contribution in [0.25, 0.3) is 16.3 Å². The van der Waals surface area contributed by atoms with Gasteiger partial charge in [-0.05, 0) is 53.2 Å². The number of hydrogen-bond acceptors (Lipinski definition) is 0. The number of hydrogen-bond donors (Lipinski definition) is 0. The summed E-state index contributed by atoms with van der Waals surface area (Å²) < 4.78 is 0. The molecule has 0 heteroatoms. The summed E-state index contributed by atoms with van der Waals surface area (Å²) in [5.74, 6) is 0.713. The maximum Gasteiger partial charge on any atom is -0.0178 e. The highest BCUT2D eigenvalue weighted by atomic mass is 14.2. The molecule has 3 rings (SSSR count). The third kappa shape index (κ3) is 2.00. The molecule has 0 bridgehead atoms. The molecule has 0 fully saturated rings. The molecule has 0 aliphatic heterocycles. The molecule has 0 amide bonds. The van der Waals surface area contributed by atoms with Gasteiger partial charge in [0, 0.05) is 0 Å². The van der Waals surface area contributed by atoms with E-state index in [1.165, 1.54) is 35.6 Å².